The second-order valence-electron chi connectivity index (χ2n) is 7.04. The molecule has 1 aliphatic heterocycles. The van der Waals surface area contributed by atoms with Crippen molar-refractivity contribution in [2.75, 3.05) is 31.5 Å². The van der Waals surface area contributed by atoms with Crippen LogP contribution in [0, 0.1) is 6.92 Å². The summed E-state index contributed by atoms with van der Waals surface area (Å²) in [6.07, 6.45) is 0. The van der Waals surface area contributed by atoms with Crippen molar-refractivity contribution in [3.05, 3.63) is 58.1 Å². The van der Waals surface area contributed by atoms with Gasteiger partial charge in [-0.2, -0.15) is 4.31 Å². The topological polar surface area (TPSA) is 69.7 Å². The van der Waals surface area contributed by atoms with Gasteiger partial charge >= 0.3 is 0 Å². The van der Waals surface area contributed by atoms with Crippen LogP contribution >= 0.6 is 23.2 Å². The molecule has 0 aromatic heterocycles. The number of nitrogens with zero attached hydrogens (tertiary/aromatic N) is 2. The van der Waals surface area contributed by atoms with Gasteiger partial charge < -0.3 is 5.32 Å². The molecule has 9 heteroatoms. The molecular formula is C20H23Cl2N3O3S. The highest BCUT2D eigenvalue weighted by molar-refractivity contribution is 7.89. The van der Waals surface area contributed by atoms with Crippen molar-refractivity contribution in [3.63, 3.8) is 0 Å². The zero-order valence-electron chi connectivity index (χ0n) is 16.2. The largest absolute Gasteiger partial charge is 0.323 e. The first kappa shape index (κ1) is 22.1. The molecule has 0 spiro atoms. The van der Waals surface area contributed by atoms with Gasteiger partial charge in [-0.25, -0.2) is 8.42 Å². The van der Waals surface area contributed by atoms with E-state index in [0.717, 1.165) is 5.56 Å². The van der Waals surface area contributed by atoms with E-state index < -0.39 is 16.1 Å². The molecule has 0 saturated carbocycles. The first-order chi connectivity index (χ1) is 13.7. The number of carbonyl (C=O) groups excluding carboxylic acids is 1. The maximum absolute atomic E-state index is 12.8. The summed E-state index contributed by atoms with van der Waals surface area (Å²) >= 11 is 12.1. The molecule has 6 nitrogen and oxygen atoms in total. The predicted octanol–water partition coefficient (Wildman–Crippen LogP) is 3.64. The first-order valence-electron chi connectivity index (χ1n) is 9.25. The van der Waals surface area contributed by atoms with Crippen LogP contribution in [0.25, 0.3) is 0 Å². The SMILES string of the molecule is Cc1ccc(S(=O)(=O)N2CCN([C@H](C)C(=O)Nc3cc(Cl)ccc3Cl)CC2)cc1. The van der Waals surface area contributed by atoms with Crippen LogP contribution in [-0.4, -0.2) is 55.8 Å². The summed E-state index contributed by atoms with van der Waals surface area (Å²) < 4.78 is 27.1. The summed E-state index contributed by atoms with van der Waals surface area (Å²) in [7, 11) is -3.53. The highest BCUT2D eigenvalue weighted by Crippen LogP contribution is 2.26. The molecule has 1 atom stereocenters. The van der Waals surface area contributed by atoms with Gasteiger partial charge in [-0.3, -0.25) is 9.69 Å². The quantitative estimate of drug-likeness (QED) is 0.746. The lowest BCUT2D eigenvalue weighted by Gasteiger charge is -2.36. The molecule has 3 rings (SSSR count). The molecule has 0 bridgehead atoms. The number of rotatable bonds is 5. The van der Waals surface area contributed by atoms with Gasteiger partial charge in [-0.15, -0.1) is 0 Å². The van der Waals surface area contributed by atoms with E-state index in [2.05, 4.69) is 5.32 Å². The molecule has 1 N–H and O–H groups in total. The maximum Gasteiger partial charge on any atom is 0.243 e. The molecule has 1 aliphatic rings. The van der Waals surface area contributed by atoms with Crippen LogP contribution in [0.4, 0.5) is 5.69 Å². The van der Waals surface area contributed by atoms with Crippen molar-refractivity contribution in [3.8, 4) is 0 Å². The van der Waals surface area contributed by atoms with Crippen LogP contribution in [0.2, 0.25) is 10.0 Å². The number of benzene rings is 2. The van der Waals surface area contributed by atoms with E-state index in [4.69, 9.17) is 23.2 Å². The van der Waals surface area contributed by atoms with Gasteiger partial charge in [0.1, 0.15) is 0 Å². The van der Waals surface area contributed by atoms with Gasteiger partial charge in [0.2, 0.25) is 15.9 Å². The second kappa shape index (κ2) is 9.02. The summed E-state index contributed by atoms with van der Waals surface area (Å²) in [5, 5.41) is 3.68. The minimum absolute atomic E-state index is 0.219. The van der Waals surface area contributed by atoms with Gasteiger partial charge in [0.25, 0.3) is 0 Å². The average Bonchev–Trinajstić information content (AvgIpc) is 2.70. The lowest BCUT2D eigenvalue weighted by molar-refractivity contribution is -0.121. The number of carbonyl (C=O) groups is 1. The number of piperazine rings is 1. The van der Waals surface area contributed by atoms with Crippen LogP contribution in [0.1, 0.15) is 12.5 Å². The summed E-state index contributed by atoms with van der Waals surface area (Å²) in [6.45, 7) is 5.28. The maximum atomic E-state index is 12.8. The Labute approximate surface area is 181 Å². The summed E-state index contributed by atoms with van der Waals surface area (Å²) in [5.41, 5.74) is 1.46. The number of halogens is 2. The highest BCUT2D eigenvalue weighted by Gasteiger charge is 2.31. The fourth-order valence-electron chi connectivity index (χ4n) is 3.19. The monoisotopic (exact) mass is 455 g/mol. The number of amides is 1. The van der Waals surface area contributed by atoms with Crippen molar-refractivity contribution in [2.24, 2.45) is 0 Å². The number of nitrogens with one attached hydrogen (secondary N) is 1. The van der Waals surface area contributed by atoms with Crippen molar-refractivity contribution < 1.29 is 13.2 Å². The minimum atomic E-state index is -3.53. The van der Waals surface area contributed by atoms with E-state index in [-0.39, 0.29) is 10.8 Å². The average molecular weight is 456 g/mol. The Morgan fingerprint density at radius 3 is 2.28 bits per heavy atom. The standard InChI is InChI=1S/C20H23Cl2N3O3S/c1-14-3-6-17(7-4-14)29(27,28)25-11-9-24(10-12-25)15(2)20(26)23-19-13-16(21)5-8-18(19)22/h3-8,13,15H,9-12H2,1-2H3,(H,23,26)/t15-/m1/s1. The minimum Gasteiger partial charge on any atom is -0.323 e. The Morgan fingerprint density at radius 1 is 1.03 bits per heavy atom. The number of aryl methyl sites for hydroxylation is 1. The molecule has 0 radical (unpaired) electrons. The molecular weight excluding hydrogens is 433 g/mol. The van der Waals surface area contributed by atoms with Crippen LogP contribution in [0.3, 0.4) is 0 Å². The fourth-order valence-corrected chi connectivity index (χ4v) is 4.95. The van der Waals surface area contributed by atoms with Crippen LogP contribution in [-0.2, 0) is 14.8 Å². The number of hydrogen-bond donors (Lipinski definition) is 1. The lowest BCUT2D eigenvalue weighted by atomic mass is 10.2. The number of anilines is 1. The number of hydrogen-bond acceptors (Lipinski definition) is 4. The third-order valence-corrected chi connectivity index (χ3v) is 7.52. The van der Waals surface area contributed by atoms with Gasteiger partial charge in [-0.05, 0) is 44.2 Å². The van der Waals surface area contributed by atoms with E-state index >= 15 is 0 Å². The van der Waals surface area contributed by atoms with Crippen molar-refractivity contribution in [1.82, 2.24) is 9.21 Å². The number of sulfonamides is 1. The molecule has 1 heterocycles. The van der Waals surface area contributed by atoms with E-state index in [1.54, 1.807) is 49.4 Å². The Hall–Kier alpha value is -1.64. The Kier molecular flexibility index (Phi) is 6.86. The van der Waals surface area contributed by atoms with Gasteiger partial charge in [0, 0.05) is 31.2 Å². The van der Waals surface area contributed by atoms with E-state index in [9.17, 15) is 13.2 Å². The van der Waals surface area contributed by atoms with Gasteiger partial charge in [0.05, 0.1) is 21.6 Å². The van der Waals surface area contributed by atoms with Crippen LogP contribution in [0.5, 0.6) is 0 Å². The molecule has 29 heavy (non-hydrogen) atoms. The Balaban J connectivity index is 1.61. The Bertz CT molecular complexity index is 989. The molecule has 2 aromatic carbocycles. The molecule has 2 aromatic rings. The van der Waals surface area contributed by atoms with E-state index in [0.29, 0.717) is 41.9 Å². The van der Waals surface area contributed by atoms with Crippen molar-refractivity contribution in [1.29, 1.82) is 0 Å². The fraction of sp³-hybridized carbons (Fsp3) is 0.350. The second-order valence-corrected chi connectivity index (χ2v) is 9.82. The molecule has 1 saturated heterocycles. The first-order valence-corrected chi connectivity index (χ1v) is 11.4. The zero-order chi connectivity index (χ0) is 21.2. The normalized spacial score (nSPS) is 17.1. The highest BCUT2D eigenvalue weighted by atomic mass is 35.5. The van der Waals surface area contributed by atoms with Gasteiger partial charge in [-0.1, -0.05) is 40.9 Å². The molecule has 0 unspecified atom stereocenters. The van der Waals surface area contributed by atoms with Crippen molar-refractivity contribution in [2.45, 2.75) is 24.8 Å². The smallest absolute Gasteiger partial charge is 0.243 e. The molecule has 1 amide bonds. The molecule has 0 aliphatic carbocycles. The Morgan fingerprint density at radius 2 is 1.66 bits per heavy atom. The van der Waals surface area contributed by atoms with E-state index in [1.807, 2.05) is 11.8 Å². The third-order valence-electron chi connectivity index (χ3n) is 5.05. The summed E-state index contributed by atoms with van der Waals surface area (Å²) in [6, 6.07) is 11.3. The third kappa shape index (κ3) is 5.10. The summed E-state index contributed by atoms with van der Waals surface area (Å²) in [4.78, 5) is 14.9. The van der Waals surface area contributed by atoms with Crippen molar-refractivity contribution >= 4 is 44.8 Å². The summed E-state index contributed by atoms with van der Waals surface area (Å²) in [5.74, 6) is -0.219. The predicted molar refractivity (Wildman–Crippen MR) is 116 cm³/mol. The zero-order valence-corrected chi connectivity index (χ0v) is 18.6. The lowest BCUT2D eigenvalue weighted by Crippen LogP contribution is -2.53. The van der Waals surface area contributed by atoms with E-state index in [1.165, 1.54) is 4.31 Å². The van der Waals surface area contributed by atoms with Gasteiger partial charge in [0.15, 0.2) is 0 Å². The van der Waals surface area contributed by atoms with Crippen LogP contribution < -0.4 is 5.32 Å². The van der Waals surface area contributed by atoms with Crippen LogP contribution in [0.15, 0.2) is 47.4 Å². The molecule has 156 valence electrons. The molecule has 1 fully saturated rings.